The largest absolute Gasteiger partial charge is 0.464 e. The first-order valence-corrected chi connectivity index (χ1v) is 9.07. The predicted molar refractivity (Wildman–Crippen MR) is 90.7 cm³/mol. The van der Waals surface area contributed by atoms with Crippen molar-refractivity contribution < 1.29 is 14.3 Å². The monoisotopic (exact) mass is 313 g/mol. The highest BCUT2D eigenvalue weighted by Crippen LogP contribution is 2.05. The summed E-state index contributed by atoms with van der Waals surface area (Å²) in [5, 5.41) is 2.72. The van der Waals surface area contributed by atoms with Gasteiger partial charge in [0.15, 0.2) is 0 Å². The van der Waals surface area contributed by atoms with Crippen LogP contribution in [-0.2, 0) is 14.3 Å². The standard InChI is InChI=1S/C18H35NO3/c1-4-6-8-10-12-14-17(20)19-16(3)18(21)22-15-13-11-9-7-5-2/h16H,4-15H2,1-3H3,(H,19,20)/t16-/m0/s1. The molecule has 0 fully saturated rings. The number of ether oxygens (including phenoxy) is 1. The van der Waals surface area contributed by atoms with E-state index in [9.17, 15) is 9.59 Å². The van der Waals surface area contributed by atoms with Crippen molar-refractivity contribution in [2.45, 2.75) is 97.4 Å². The predicted octanol–water partition coefficient (Wildman–Crippen LogP) is 4.37. The molecule has 0 saturated carbocycles. The van der Waals surface area contributed by atoms with Crippen molar-refractivity contribution in [1.82, 2.24) is 5.32 Å². The molecule has 1 amide bonds. The number of hydrogen-bond acceptors (Lipinski definition) is 3. The number of hydrogen-bond donors (Lipinski definition) is 1. The van der Waals surface area contributed by atoms with Crippen LogP contribution in [0, 0.1) is 0 Å². The van der Waals surface area contributed by atoms with E-state index in [2.05, 4.69) is 19.2 Å². The molecular weight excluding hydrogens is 278 g/mol. The summed E-state index contributed by atoms with van der Waals surface area (Å²) in [6.07, 6.45) is 11.7. The maximum absolute atomic E-state index is 11.7. The molecule has 0 aliphatic rings. The van der Waals surface area contributed by atoms with Gasteiger partial charge in [-0.2, -0.15) is 0 Å². The lowest BCUT2D eigenvalue weighted by molar-refractivity contribution is -0.147. The molecule has 0 aliphatic carbocycles. The normalized spacial score (nSPS) is 12.0. The molecule has 0 aromatic heterocycles. The Kier molecular flexibility index (Phi) is 14.1. The summed E-state index contributed by atoms with van der Waals surface area (Å²) in [5.41, 5.74) is 0. The van der Waals surface area contributed by atoms with E-state index in [1.54, 1.807) is 6.92 Å². The number of rotatable bonds is 14. The van der Waals surface area contributed by atoms with Gasteiger partial charge in [-0.3, -0.25) is 4.79 Å². The van der Waals surface area contributed by atoms with Gasteiger partial charge < -0.3 is 10.1 Å². The average Bonchev–Trinajstić information content (AvgIpc) is 2.50. The Balaban J connectivity index is 3.60. The summed E-state index contributed by atoms with van der Waals surface area (Å²) in [5.74, 6) is -0.376. The smallest absolute Gasteiger partial charge is 0.328 e. The van der Waals surface area contributed by atoms with E-state index < -0.39 is 6.04 Å². The van der Waals surface area contributed by atoms with E-state index in [1.807, 2.05) is 0 Å². The van der Waals surface area contributed by atoms with Gasteiger partial charge in [-0.15, -0.1) is 0 Å². The van der Waals surface area contributed by atoms with E-state index in [-0.39, 0.29) is 11.9 Å². The fraction of sp³-hybridized carbons (Fsp3) is 0.889. The topological polar surface area (TPSA) is 55.4 Å². The van der Waals surface area contributed by atoms with Crippen molar-refractivity contribution in [1.29, 1.82) is 0 Å². The molecule has 1 N–H and O–H groups in total. The zero-order chi connectivity index (χ0) is 16.6. The van der Waals surface area contributed by atoms with Crippen LogP contribution in [0.5, 0.6) is 0 Å². The van der Waals surface area contributed by atoms with Gasteiger partial charge in [0.1, 0.15) is 6.04 Å². The molecule has 22 heavy (non-hydrogen) atoms. The molecule has 0 radical (unpaired) electrons. The van der Waals surface area contributed by atoms with Crippen molar-refractivity contribution in [3.05, 3.63) is 0 Å². The first-order valence-electron chi connectivity index (χ1n) is 9.07. The van der Waals surface area contributed by atoms with Crippen molar-refractivity contribution in [2.24, 2.45) is 0 Å². The van der Waals surface area contributed by atoms with Gasteiger partial charge in [0.25, 0.3) is 0 Å². The Hall–Kier alpha value is -1.06. The lowest BCUT2D eigenvalue weighted by Gasteiger charge is -2.13. The molecule has 0 rings (SSSR count). The first-order chi connectivity index (χ1) is 10.6. The average molecular weight is 313 g/mol. The molecule has 130 valence electrons. The molecule has 0 heterocycles. The Morgan fingerprint density at radius 3 is 2.00 bits per heavy atom. The van der Waals surface area contributed by atoms with Crippen LogP contribution in [0.25, 0.3) is 0 Å². The molecule has 0 bridgehead atoms. The third kappa shape index (κ3) is 12.7. The van der Waals surface area contributed by atoms with Gasteiger partial charge in [-0.25, -0.2) is 4.79 Å². The fourth-order valence-corrected chi connectivity index (χ4v) is 2.27. The van der Waals surface area contributed by atoms with Crippen LogP contribution in [0.15, 0.2) is 0 Å². The van der Waals surface area contributed by atoms with Gasteiger partial charge in [0.2, 0.25) is 5.91 Å². The van der Waals surface area contributed by atoms with Gasteiger partial charge in [-0.05, 0) is 19.8 Å². The lowest BCUT2D eigenvalue weighted by atomic mass is 10.1. The van der Waals surface area contributed by atoms with E-state index in [4.69, 9.17) is 4.74 Å². The van der Waals surface area contributed by atoms with Crippen molar-refractivity contribution in [3.8, 4) is 0 Å². The molecule has 0 spiro atoms. The first kappa shape index (κ1) is 20.9. The quantitative estimate of drug-likeness (QED) is 0.383. The summed E-state index contributed by atoms with van der Waals surface area (Å²) < 4.78 is 5.19. The van der Waals surface area contributed by atoms with E-state index in [1.165, 1.54) is 38.5 Å². The maximum Gasteiger partial charge on any atom is 0.328 e. The third-order valence-electron chi connectivity index (χ3n) is 3.73. The van der Waals surface area contributed by atoms with Crippen molar-refractivity contribution in [2.75, 3.05) is 6.61 Å². The Morgan fingerprint density at radius 2 is 1.41 bits per heavy atom. The van der Waals surface area contributed by atoms with Crippen LogP contribution < -0.4 is 5.32 Å². The number of unbranched alkanes of at least 4 members (excludes halogenated alkanes) is 8. The van der Waals surface area contributed by atoms with Crippen molar-refractivity contribution >= 4 is 11.9 Å². The zero-order valence-corrected chi connectivity index (χ0v) is 14.8. The molecule has 4 nitrogen and oxygen atoms in total. The Bertz CT molecular complexity index is 292. The number of nitrogens with one attached hydrogen (secondary N) is 1. The molecule has 1 atom stereocenters. The lowest BCUT2D eigenvalue weighted by Crippen LogP contribution is -2.39. The number of carbonyl (C=O) groups excluding carboxylic acids is 2. The summed E-state index contributed by atoms with van der Waals surface area (Å²) in [6, 6.07) is -0.543. The van der Waals surface area contributed by atoms with Gasteiger partial charge in [-0.1, -0.05) is 65.2 Å². The second-order valence-electron chi connectivity index (χ2n) is 6.04. The SMILES string of the molecule is CCCCCCCOC(=O)[C@H](C)NC(=O)CCCCCCC. The molecule has 4 heteroatoms. The zero-order valence-electron chi connectivity index (χ0n) is 14.8. The van der Waals surface area contributed by atoms with Crippen LogP contribution in [-0.4, -0.2) is 24.5 Å². The number of amides is 1. The minimum atomic E-state index is -0.543. The molecular formula is C18H35NO3. The molecule has 0 saturated heterocycles. The van der Waals surface area contributed by atoms with Gasteiger partial charge >= 0.3 is 5.97 Å². The van der Waals surface area contributed by atoms with Crippen LogP contribution in [0.4, 0.5) is 0 Å². The van der Waals surface area contributed by atoms with Crippen LogP contribution in [0.2, 0.25) is 0 Å². The summed E-state index contributed by atoms with van der Waals surface area (Å²) in [6.45, 7) is 6.49. The van der Waals surface area contributed by atoms with Crippen LogP contribution in [0.3, 0.4) is 0 Å². The van der Waals surface area contributed by atoms with Crippen molar-refractivity contribution in [3.63, 3.8) is 0 Å². The second-order valence-corrected chi connectivity index (χ2v) is 6.04. The van der Waals surface area contributed by atoms with Gasteiger partial charge in [0, 0.05) is 6.42 Å². The molecule has 0 aliphatic heterocycles. The highest BCUT2D eigenvalue weighted by Gasteiger charge is 2.16. The Morgan fingerprint density at radius 1 is 0.864 bits per heavy atom. The molecule has 0 aromatic carbocycles. The van der Waals surface area contributed by atoms with E-state index in [0.29, 0.717) is 13.0 Å². The Labute approximate surface area is 136 Å². The van der Waals surface area contributed by atoms with Crippen LogP contribution >= 0.6 is 0 Å². The second kappa shape index (κ2) is 14.9. The summed E-state index contributed by atoms with van der Waals surface area (Å²) >= 11 is 0. The maximum atomic E-state index is 11.7. The molecule has 0 unspecified atom stereocenters. The molecule has 0 aromatic rings. The minimum Gasteiger partial charge on any atom is -0.464 e. The van der Waals surface area contributed by atoms with E-state index >= 15 is 0 Å². The number of carbonyl (C=O) groups is 2. The van der Waals surface area contributed by atoms with Crippen LogP contribution in [0.1, 0.15) is 91.4 Å². The summed E-state index contributed by atoms with van der Waals surface area (Å²) in [4.78, 5) is 23.5. The summed E-state index contributed by atoms with van der Waals surface area (Å²) in [7, 11) is 0. The van der Waals surface area contributed by atoms with Gasteiger partial charge in [0.05, 0.1) is 6.61 Å². The third-order valence-corrected chi connectivity index (χ3v) is 3.73. The fourth-order valence-electron chi connectivity index (χ4n) is 2.27. The minimum absolute atomic E-state index is 0.0519. The number of esters is 1. The highest BCUT2D eigenvalue weighted by molar-refractivity contribution is 5.84. The van der Waals surface area contributed by atoms with E-state index in [0.717, 1.165) is 25.7 Å². The highest BCUT2D eigenvalue weighted by atomic mass is 16.5.